The van der Waals surface area contributed by atoms with Crippen LogP contribution in [-0.4, -0.2) is 44.2 Å². The zero-order valence-corrected chi connectivity index (χ0v) is 29.9. The summed E-state index contributed by atoms with van der Waals surface area (Å²) in [5.41, 5.74) is 3.18. The summed E-state index contributed by atoms with van der Waals surface area (Å²) in [5.74, 6) is 0.0643. The average Bonchev–Trinajstić information content (AvgIpc) is 3.16. The van der Waals surface area contributed by atoms with E-state index in [2.05, 4.69) is 29.0 Å². The Morgan fingerprint density at radius 2 is 1.04 bits per heavy atom. The van der Waals surface area contributed by atoms with Crippen molar-refractivity contribution in [2.24, 2.45) is 16.1 Å². The molecule has 268 valence electrons. The normalized spacial score (nSPS) is 11.5. The van der Waals surface area contributed by atoms with Crippen LogP contribution in [0.2, 0.25) is 0 Å². The van der Waals surface area contributed by atoms with Crippen LogP contribution in [0.25, 0.3) is 0 Å². The average molecular weight is 694 g/mol. The molecular formula is C41H47N3O7. The molecule has 4 aromatic carbocycles. The molecule has 0 bridgehead atoms. The van der Waals surface area contributed by atoms with E-state index >= 15 is 0 Å². The Bertz CT molecular complexity index is 1700. The molecule has 1 unspecified atom stereocenters. The van der Waals surface area contributed by atoms with Crippen molar-refractivity contribution in [1.82, 2.24) is 0 Å². The Morgan fingerprint density at radius 1 is 0.588 bits per heavy atom. The second-order valence-corrected chi connectivity index (χ2v) is 11.9. The van der Waals surface area contributed by atoms with Crippen LogP contribution >= 0.6 is 0 Å². The smallest absolute Gasteiger partial charge is 0.343 e. The molecule has 0 radical (unpaired) electrons. The molecule has 0 aliphatic rings. The van der Waals surface area contributed by atoms with Crippen molar-refractivity contribution in [3.8, 4) is 17.2 Å². The van der Waals surface area contributed by atoms with E-state index < -0.39 is 11.9 Å². The Hall–Kier alpha value is -5.51. The Balaban J connectivity index is 1.16. The minimum atomic E-state index is -0.547. The number of benzene rings is 4. The number of azo groups is 1. The maximum atomic E-state index is 12.7. The van der Waals surface area contributed by atoms with Crippen molar-refractivity contribution in [1.29, 1.82) is 0 Å². The SMILES string of the molecule is CCC(C)C(=O)OCCCCCCOc1ccc(C(=O)Oc2ccc(C(=O)Oc3ccc(/N=N/c4ccc(N(CC)CC)cc4)cc3)cc2)cc1. The van der Waals surface area contributed by atoms with E-state index in [0.717, 1.165) is 56.6 Å². The van der Waals surface area contributed by atoms with Crippen LogP contribution in [0.5, 0.6) is 17.2 Å². The lowest BCUT2D eigenvalue weighted by atomic mass is 10.1. The van der Waals surface area contributed by atoms with Crippen molar-refractivity contribution >= 4 is 35.0 Å². The zero-order chi connectivity index (χ0) is 36.4. The van der Waals surface area contributed by atoms with Gasteiger partial charge in [-0.15, -0.1) is 0 Å². The molecule has 0 fully saturated rings. The quantitative estimate of drug-likeness (QED) is 0.0412. The fraction of sp³-hybridized carbons (Fsp3) is 0.341. The van der Waals surface area contributed by atoms with Gasteiger partial charge in [0.25, 0.3) is 0 Å². The molecule has 0 saturated heterocycles. The number of hydrogen-bond acceptors (Lipinski definition) is 10. The number of ether oxygens (including phenoxy) is 4. The van der Waals surface area contributed by atoms with Crippen LogP contribution in [-0.2, 0) is 9.53 Å². The third-order valence-electron chi connectivity index (χ3n) is 8.26. The topological polar surface area (TPSA) is 116 Å². The molecule has 0 N–H and O–H groups in total. The van der Waals surface area contributed by atoms with Gasteiger partial charge in [0.2, 0.25) is 0 Å². The molecule has 0 aliphatic heterocycles. The highest BCUT2D eigenvalue weighted by atomic mass is 16.5. The molecule has 0 spiro atoms. The first-order chi connectivity index (χ1) is 24.8. The number of nitrogens with zero attached hydrogens (tertiary/aromatic N) is 3. The predicted octanol–water partition coefficient (Wildman–Crippen LogP) is 9.92. The molecule has 0 heterocycles. The van der Waals surface area contributed by atoms with E-state index in [-0.39, 0.29) is 11.9 Å². The van der Waals surface area contributed by atoms with Gasteiger partial charge in [-0.3, -0.25) is 4.79 Å². The summed E-state index contributed by atoms with van der Waals surface area (Å²) >= 11 is 0. The first kappa shape index (κ1) is 38.3. The van der Waals surface area contributed by atoms with Crippen molar-refractivity contribution in [3.05, 3.63) is 108 Å². The zero-order valence-electron chi connectivity index (χ0n) is 29.9. The lowest BCUT2D eigenvalue weighted by Gasteiger charge is -2.20. The van der Waals surface area contributed by atoms with Gasteiger partial charge in [-0.05, 0) is 143 Å². The largest absolute Gasteiger partial charge is 0.494 e. The third kappa shape index (κ3) is 12.4. The Kier molecular flexibility index (Phi) is 15.2. The molecule has 0 saturated carbocycles. The van der Waals surface area contributed by atoms with Crippen molar-refractivity contribution in [3.63, 3.8) is 0 Å². The number of esters is 3. The van der Waals surface area contributed by atoms with Gasteiger partial charge >= 0.3 is 17.9 Å². The standard InChI is InChI=1S/C41H47N3O7/c1-5-30(4)39(45)49-29-11-9-8-10-28-48-36-22-12-31(13-23-36)40(46)50-37-24-14-32(15-25-37)41(47)51-38-26-18-34(19-27-38)43-42-33-16-20-35(21-17-33)44(6-2)7-3/h12-27,30H,5-11,28-29H2,1-4H3/b43-42+. The van der Waals surface area contributed by atoms with E-state index in [9.17, 15) is 14.4 Å². The number of carbonyl (C=O) groups excluding carboxylic acids is 3. The summed E-state index contributed by atoms with van der Waals surface area (Å²) < 4.78 is 22.0. The summed E-state index contributed by atoms with van der Waals surface area (Å²) in [4.78, 5) is 39.3. The minimum Gasteiger partial charge on any atom is -0.494 e. The fourth-order valence-electron chi connectivity index (χ4n) is 4.92. The van der Waals surface area contributed by atoms with Crippen LogP contribution in [0, 0.1) is 5.92 Å². The molecule has 0 amide bonds. The second-order valence-electron chi connectivity index (χ2n) is 11.9. The number of hydrogen-bond donors (Lipinski definition) is 0. The molecule has 0 aromatic heterocycles. The minimum absolute atomic E-state index is 0.0502. The first-order valence-corrected chi connectivity index (χ1v) is 17.6. The lowest BCUT2D eigenvalue weighted by molar-refractivity contribution is -0.148. The molecule has 51 heavy (non-hydrogen) atoms. The monoisotopic (exact) mass is 693 g/mol. The van der Waals surface area contributed by atoms with Crippen LogP contribution in [0.4, 0.5) is 17.1 Å². The van der Waals surface area contributed by atoms with Crippen molar-refractivity contribution in [2.45, 2.75) is 59.8 Å². The molecule has 1 atom stereocenters. The maximum absolute atomic E-state index is 12.7. The third-order valence-corrected chi connectivity index (χ3v) is 8.26. The second kappa shape index (κ2) is 20.2. The molecular weight excluding hydrogens is 646 g/mol. The van der Waals surface area contributed by atoms with E-state index in [4.69, 9.17) is 18.9 Å². The summed E-state index contributed by atoms with van der Waals surface area (Å²) in [6.45, 7) is 11.0. The number of unbranched alkanes of at least 4 members (excludes halogenated alkanes) is 3. The first-order valence-electron chi connectivity index (χ1n) is 17.6. The predicted molar refractivity (Wildman–Crippen MR) is 198 cm³/mol. The van der Waals surface area contributed by atoms with Crippen molar-refractivity contribution < 1.29 is 33.3 Å². The number of carbonyl (C=O) groups is 3. The summed E-state index contributed by atoms with van der Waals surface area (Å²) in [5, 5.41) is 8.57. The van der Waals surface area contributed by atoms with Gasteiger partial charge < -0.3 is 23.8 Å². The highest BCUT2D eigenvalue weighted by molar-refractivity contribution is 5.92. The molecule has 10 nitrogen and oxygen atoms in total. The Labute approximate surface area is 300 Å². The van der Waals surface area contributed by atoms with E-state index in [1.807, 2.05) is 38.1 Å². The molecule has 4 aromatic rings. The summed E-state index contributed by atoms with van der Waals surface area (Å²) in [6, 6.07) is 27.6. The van der Waals surface area contributed by atoms with Gasteiger partial charge in [-0.25, -0.2) is 9.59 Å². The van der Waals surface area contributed by atoms with E-state index in [0.29, 0.717) is 47.3 Å². The van der Waals surface area contributed by atoms with Gasteiger partial charge in [0, 0.05) is 18.8 Å². The van der Waals surface area contributed by atoms with Crippen LogP contribution in [0.1, 0.15) is 80.5 Å². The van der Waals surface area contributed by atoms with Gasteiger partial charge in [-0.1, -0.05) is 13.8 Å². The Morgan fingerprint density at radius 3 is 1.53 bits per heavy atom. The molecule has 0 aliphatic carbocycles. The van der Waals surface area contributed by atoms with Gasteiger partial charge in [-0.2, -0.15) is 10.2 Å². The van der Waals surface area contributed by atoms with Crippen molar-refractivity contribution in [2.75, 3.05) is 31.2 Å². The maximum Gasteiger partial charge on any atom is 0.343 e. The van der Waals surface area contributed by atoms with Gasteiger partial charge in [0.15, 0.2) is 0 Å². The van der Waals surface area contributed by atoms with Gasteiger partial charge in [0.1, 0.15) is 17.2 Å². The summed E-state index contributed by atoms with van der Waals surface area (Å²) in [7, 11) is 0. The fourth-order valence-corrected chi connectivity index (χ4v) is 4.92. The number of rotatable bonds is 19. The molecule has 4 rings (SSSR count). The molecule has 10 heteroatoms. The lowest BCUT2D eigenvalue weighted by Crippen LogP contribution is -2.21. The summed E-state index contributed by atoms with van der Waals surface area (Å²) in [6.07, 6.45) is 4.43. The highest BCUT2D eigenvalue weighted by Crippen LogP contribution is 2.25. The van der Waals surface area contributed by atoms with E-state index in [1.165, 1.54) is 12.1 Å². The van der Waals surface area contributed by atoms with E-state index in [1.54, 1.807) is 60.7 Å². The van der Waals surface area contributed by atoms with Crippen LogP contribution in [0.15, 0.2) is 107 Å². The van der Waals surface area contributed by atoms with Crippen LogP contribution < -0.4 is 19.1 Å². The van der Waals surface area contributed by atoms with Gasteiger partial charge in [0.05, 0.1) is 41.6 Å². The van der Waals surface area contributed by atoms with Crippen LogP contribution in [0.3, 0.4) is 0 Å². The highest BCUT2D eigenvalue weighted by Gasteiger charge is 2.13. The number of anilines is 1.